The van der Waals surface area contributed by atoms with Crippen LogP contribution < -0.4 is 10.1 Å². The summed E-state index contributed by atoms with van der Waals surface area (Å²) >= 11 is 0. The monoisotopic (exact) mass is 319 g/mol. The summed E-state index contributed by atoms with van der Waals surface area (Å²) in [5.41, 5.74) is 2.30. The molecule has 126 valence electrons. The molecule has 0 atom stereocenters. The van der Waals surface area contributed by atoms with Crippen molar-refractivity contribution in [2.24, 2.45) is 0 Å². The van der Waals surface area contributed by atoms with E-state index in [1.165, 1.54) is 5.56 Å². The molecule has 6 nitrogen and oxygen atoms in total. The van der Waals surface area contributed by atoms with Gasteiger partial charge < -0.3 is 19.9 Å². The lowest BCUT2D eigenvalue weighted by Gasteiger charge is -2.34. The van der Waals surface area contributed by atoms with Gasteiger partial charge in [-0.1, -0.05) is 17.7 Å². The van der Waals surface area contributed by atoms with E-state index in [2.05, 4.69) is 11.4 Å². The van der Waals surface area contributed by atoms with Gasteiger partial charge in [-0.05, 0) is 25.5 Å². The Balaban J connectivity index is 1.68. The minimum absolute atomic E-state index is 0.0620. The number of carbonyl (C=O) groups excluding carboxylic acids is 2. The molecule has 0 spiro atoms. The van der Waals surface area contributed by atoms with Crippen LogP contribution in [-0.2, 0) is 4.79 Å². The topological polar surface area (TPSA) is 61.9 Å². The highest BCUT2D eigenvalue weighted by molar-refractivity contribution is 5.76. The van der Waals surface area contributed by atoms with Crippen molar-refractivity contribution in [2.75, 3.05) is 39.3 Å². The smallest absolute Gasteiger partial charge is 0.317 e. The maximum atomic E-state index is 12.1. The zero-order valence-electron chi connectivity index (χ0n) is 14.1. The molecule has 2 rings (SSSR count). The standard InChI is InChI=1S/C17H25N3O3/c1-13-4-5-16(14(2)12-13)23-11-6-18-17(22)20-9-7-19(8-10-20)15(3)21/h4-5,12H,6-11H2,1-3H3,(H,18,22). The summed E-state index contributed by atoms with van der Waals surface area (Å²) in [4.78, 5) is 26.8. The Morgan fingerprint density at radius 2 is 1.78 bits per heavy atom. The average molecular weight is 319 g/mol. The van der Waals surface area contributed by atoms with Crippen LogP contribution in [0.4, 0.5) is 4.79 Å². The molecular weight excluding hydrogens is 294 g/mol. The van der Waals surface area contributed by atoms with Crippen LogP contribution in [0, 0.1) is 13.8 Å². The number of nitrogens with one attached hydrogen (secondary N) is 1. The van der Waals surface area contributed by atoms with Crippen LogP contribution >= 0.6 is 0 Å². The number of ether oxygens (including phenoxy) is 1. The largest absolute Gasteiger partial charge is 0.491 e. The fourth-order valence-electron chi connectivity index (χ4n) is 2.62. The van der Waals surface area contributed by atoms with Gasteiger partial charge in [0.15, 0.2) is 0 Å². The quantitative estimate of drug-likeness (QED) is 0.857. The maximum absolute atomic E-state index is 12.1. The van der Waals surface area contributed by atoms with Gasteiger partial charge in [-0.2, -0.15) is 0 Å². The van der Waals surface area contributed by atoms with Crippen LogP contribution in [0.1, 0.15) is 18.1 Å². The summed E-state index contributed by atoms with van der Waals surface area (Å²) in [7, 11) is 0. The summed E-state index contributed by atoms with van der Waals surface area (Å²) in [5.74, 6) is 0.909. The summed E-state index contributed by atoms with van der Waals surface area (Å²) in [5, 5.41) is 2.86. The fourth-order valence-corrected chi connectivity index (χ4v) is 2.62. The Labute approximate surface area is 137 Å². The van der Waals surface area contributed by atoms with Crippen molar-refractivity contribution in [1.82, 2.24) is 15.1 Å². The molecule has 0 aromatic heterocycles. The third kappa shape index (κ3) is 4.87. The van der Waals surface area contributed by atoms with Gasteiger partial charge in [-0.3, -0.25) is 4.79 Å². The highest BCUT2D eigenvalue weighted by atomic mass is 16.5. The lowest BCUT2D eigenvalue weighted by Crippen LogP contribution is -2.53. The van der Waals surface area contributed by atoms with E-state index < -0.39 is 0 Å². The summed E-state index contributed by atoms with van der Waals surface area (Å²) in [6, 6.07) is 5.93. The van der Waals surface area contributed by atoms with E-state index in [9.17, 15) is 9.59 Å². The number of nitrogens with zero attached hydrogens (tertiary/aromatic N) is 2. The molecule has 1 aliphatic rings. The normalized spacial score (nSPS) is 14.6. The molecule has 0 radical (unpaired) electrons. The molecule has 6 heteroatoms. The molecule has 0 unspecified atom stereocenters. The van der Waals surface area contributed by atoms with Crippen molar-refractivity contribution < 1.29 is 14.3 Å². The SMILES string of the molecule is CC(=O)N1CCN(C(=O)NCCOc2ccc(C)cc2C)CC1. The first-order chi connectivity index (χ1) is 11.0. The predicted octanol–water partition coefficient (Wildman–Crippen LogP) is 1.56. The molecule has 23 heavy (non-hydrogen) atoms. The minimum atomic E-state index is -0.0996. The second-order valence-corrected chi connectivity index (χ2v) is 5.84. The third-order valence-corrected chi connectivity index (χ3v) is 3.98. The zero-order valence-corrected chi connectivity index (χ0v) is 14.1. The molecular formula is C17H25N3O3. The van der Waals surface area contributed by atoms with E-state index >= 15 is 0 Å². The third-order valence-electron chi connectivity index (χ3n) is 3.98. The van der Waals surface area contributed by atoms with Crippen LogP contribution in [0.5, 0.6) is 5.75 Å². The number of hydrogen-bond acceptors (Lipinski definition) is 3. The molecule has 3 amide bonds. The van der Waals surface area contributed by atoms with Crippen LogP contribution in [0.15, 0.2) is 18.2 Å². The van der Waals surface area contributed by atoms with Gasteiger partial charge in [-0.25, -0.2) is 4.79 Å². The summed E-state index contributed by atoms with van der Waals surface area (Å²) in [6.07, 6.45) is 0. The van der Waals surface area contributed by atoms with Crippen LogP contribution in [0.3, 0.4) is 0 Å². The first-order valence-corrected chi connectivity index (χ1v) is 7.95. The molecule has 1 aliphatic heterocycles. The van der Waals surface area contributed by atoms with Gasteiger partial charge in [0.1, 0.15) is 12.4 Å². The molecule has 0 bridgehead atoms. The lowest BCUT2D eigenvalue weighted by molar-refractivity contribution is -0.130. The maximum Gasteiger partial charge on any atom is 0.317 e. The van der Waals surface area contributed by atoms with Gasteiger partial charge in [0.25, 0.3) is 0 Å². The Hall–Kier alpha value is -2.24. The second-order valence-electron chi connectivity index (χ2n) is 5.84. The first kappa shape index (κ1) is 17.1. The molecule has 0 aliphatic carbocycles. The van der Waals surface area contributed by atoms with Crippen molar-refractivity contribution in [3.8, 4) is 5.75 Å². The molecule has 1 saturated heterocycles. The number of hydrogen-bond donors (Lipinski definition) is 1. The second kappa shape index (κ2) is 7.85. The van der Waals surface area contributed by atoms with E-state index in [4.69, 9.17) is 4.74 Å². The molecule has 1 aromatic rings. The van der Waals surface area contributed by atoms with E-state index in [1.807, 2.05) is 26.0 Å². The Bertz CT molecular complexity index is 566. The Kier molecular flexibility index (Phi) is 5.84. The zero-order chi connectivity index (χ0) is 16.8. The molecule has 1 fully saturated rings. The number of aryl methyl sites for hydroxylation is 2. The van der Waals surface area contributed by atoms with Gasteiger partial charge in [0.05, 0.1) is 6.54 Å². The van der Waals surface area contributed by atoms with Gasteiger partial charge >= 0.3 is 6.03 Å². The lowest BCUT2D eigenvalue weighted by atomic mass is 10.1. The Morgan fingerprint density at radius 3 is 2.39 bits per heavy atom. The summed E-state index contributed by atoms with van der Waals surface area (Å²) in [6.45, 7) is 8.84. The minimum Gasteiger partial charge on any atom is -0.491 e. The molecule has 1 N–H and O–H groups in total. The fraction of sp³-hybridized carbons (Fsp3) is 0.529. The van der Waals surface area contributed by atoms with Crippen molar-refractivity contribution in [3.05, 3.63) is 29.3 Å². The Morgan fingerprint density at radius 1 is 1.13 bits per heavy atom. The number of amides is 3. The molecule has 0 saturated carbocycles. The number of carbonyl (C=O) groups is 2. The predicted molar refractivity (Wildman–Crippen MR) is 88.6 cm³/mol. The molecule has 1 aromatic carbocycles. The van der Waals surface area contributed by atoms with Crippen LogP contribution in [0.25, 0.3) is 0 Å². The van der Waals surface area contributed by atoms with Gasteiger partial charge in [0.2, 0.25) is 5.91 Å². The number of urea groups is 1. The van der Waals surface area contributed by atoms with Gasteiger partial charge in [-0.15, -0.1) is 0 Å². The van der Waals surface area contributed by atoms with Crippen molar-refractivity contribution in [3.63, 3.8) is 0 Å². The van der Waals surface area contributed by atoms with Crippen LogP contribution in [-0.4, -0.2) is 61.1 Å². The van der Waals surface area contributed by atoms with Crippen molar-refractivity contribution in [1.29, 1.82) is 0 Å². The highest BCUT2D eigenvalue weighted by Gasteiger charge is 2.21. The number of piperazine rings is 1. The first-order valence-electron chi connectivity index (χ1n) is 7.95. The highest BCUT2D eigenvalue weighted by Crippen LogP contribution is 2.18. The van der Waals surface area contributed by atoms with E-state index in [-0.39, 0.29) is 11.9 Å². The average Bonchev–Trinajstić information content (AvgIpc) is 2.53. The van der Waals surface area contributed by atoms with Crippen molar-refractivity contribution in [2.45, 2.75) is 20.8 Å². The van der Waals surface area contributed by atoms with E-state index in [0.717, 1.165) is 11.3 Å². The van der Waals surface area contributed by atoms with E-state index in [0.29, 0.717) is 39.3 Å². The van der Waals surface area contributed by atoms with E-state index in [1.54, 1.807) is 16.7 Å². The number of rotatable bonds is 4. The van der Waals surface area contributed by atoms with Crippen molar-refractivity contribution >= 4 is 11.9 Å². The molecule has 1 heterocycles. The van der Waals surface area contributed by atoms with Gasteiger partial charge in [0, 0.05) is 33.1 Å². The summed E-state index contributed by atoms with van der Waals surface area (Å²) < 4.78 is 5.69. The number of benzene rings is 1. The van der Waals surface area contributed by atoms with Crippen LogP contribution in [0.2, 0.25) is 0 Å².